The van der Waals surface area contributed by atoms with Gasteiger partial charge in [0.05, 0.1) is 19.0 Å². The molecular formula is C12H13ClN2OS. The van der Waals surface area contributed by atoms with E-state index in [1.165, 1.54) is 0 Å². The summed E-state index contributed by atoms with van der Waals surface area (Å²) >= 11 is 10.2. The standard InChI is InChI=1S/C12H13ClN2OS/c1-7-3-8(13)4-9(12(7)16-2)10-5-14-11(6-17)15-10/h3-5,17H,6H2,1-2H3,(H,14,15). The van der Waals surface area contributed by atoms with Crippen molar-refractivity contribution in [1.29, 1.82) is 0 Å². The van der Waals surface area contributed by atoms with Gasteiger partial charge in [0, 0.05) is 16.3 Å². The van der Waals surface area contributed by atoms with Crippen molar-refractivity contribution in [2.75, 3.05) is 7.11 Å². The number of rotatable bonds is 3. The van der Waals surface area contributed by atoms with Crippen LogP contribution in [0.5, 0.6) is 5.75 Å². The zero-order chi connectivity index (χ0) is 12.4. The van der Waals surface area contributed by atoms with Crippen molar-refractivity contribution >= 4 is 24.2 Å². The predicted molar refractivity (Wildman–Crippen MR) is 73.0 cm³/mol. The number of thiol groups is 1. The normalized spacial score (nSPS) is 10.6. The van der Waals surface area contributed by atoms with Crippen LogP contribution in [0, 0.1) is 6.92 Å². The maximum Gasteiger partial charge on any atom is 0.131 e. The Bertz CT molecular complexity index is 539. The summed E-state index contributed by atoms with van der Waals surface area (Å²) in [6.45, 7) is 1.96. The van der Waals surface area contributed by atoms with E-state index in [2.05, 4.69) is 22.6 Å². The summed E-state index contributed by atoms with van der Waals surface area (Å²) in [5.41, 5.74) is 2.80. The molecule has 1 aromatic heterocycles. The van der Waals surface area contributed by atoms with E-state index in [-0.39, 0.29) is 0 Å². The summed E-state index contributed by atoms with van der Waals surface area (Å²) in [6, 6.07) is 3.74. The predicted octanol–water partition coefficient (Wildman–Crippen LogP) is 3.48. The molecule has 0 aliphatic carbocycles. The lowest BCUT2D eigenvalue weighted by Gasteiger charge is -2.10. The van der Waals surface area contributed by atoms with Gasteiger partial charge in [0.1, 0.15) is 11.6 Å². The molecule has 2 aromatic rings. The minimum Gasteiger partial charge on any atom is -0.496 e. The number of H-pyrrole nitrogens is 1. The summed E-state index contributed by atoms with van der Waals surface area (Å²) in [5, 5.41) is 0.681. The highest BCUT2D eigenvalue weighted by Crippen LogP contribution is 2.34. The van der Waals surface area contributed by atoms with Crippen molar-refractivity contribution in [2.24, 2.45) is 0 Å². The van der Waals surface area contributed by atoms with Crippen molar-refractivity contribution in [1.82, 2.24) is 9.97 Å². The maximum absolute atomic E-state index is 6.06. The van der Waals surface area contributed by atoms with Crippen molar-refractivity contribution in [3.63, 3.8) is 0 Å². The fraction of sp³-hybridized carbons (Fsp3) is 0.250. The Kier molecular flexibility index (Phi) is 3.64. The van der Waals surface area contributed by atoms with Gasteiger partial charge in [-0.25, -0.2) is 4.98 Å². The number of aryl methyl sites for hydroxylation is 1. The van der Waals surface area contributed by atoms with Crippen LogP contribution in [-0.2, 0) is 5.75 Å². The van der Waals surface area contributed by atoms with Gasteiger partial charge in [-0.3, -0.25) is 0 Å². The van der Waals surface area contributed by atoms with Crippen LogP contribution in [0.1, 0.15) is 11.4 Å². The Morgan fingerprint density at radius 3 is 2.82 bits per heavy atom. The summed E-state index contributed by atoms with van der Waals surface area (Å²) in [4.78, 5) is 7.40. The number of hydrogen-bond donors (Lipinski definition) is 2. The number of imidazole rings is 1. The molecule has 0 bridgehead atoms. The van der Waals surface area contributed by atoms with Crippen LogP contribution < -0.4 is 4.74 Å². The molecule has 3 nitrogen and oxygen atoms in total. The molecule has 5 heteroatoms. The molecule has 1 N–H and O–H groups in total. The minimum absolute atomic E-state index is 0.571. The Morgan fingerprint density at radius 1 is 1.47 bits per heavy atom. The van der Waals surface area contributed by atoms with E-state index in [0.29, 0.717) is 10.8 Å². The molecule has 0 saturated carbocycles. The molecule has 0 saturated heterocycles. The highest BCUT2D eigenvalue weighted by atomic mass is 35.5. The second-order valence-electron chi connectivity index (χ2n) is 3.71. The number of nitrogens with one attached hydrogen (secondary N) is 1. The van der Waals surface area contributed by atoms with Gasteiger partial charge in [0.2, 0.25) is 0 Å². The van der Waals surface area contributed by atoms with Crippen LogP contribution in [0.2, 0.25) is 5.02 Å². The fourth-order valence-corrected chi connectivity index (χ4v) is 2.21. The Morgan fingerprint density at radius 2 is 2.24 bits per heavy atom. The first kappa shape index (κ1) is 12.3. The fourth-order valence-electron chi connectivity index (χ4n) is 1.78. The van der Waals surface area contributed by atoms with Crippen LogP contribution >= 0.6 is 24.2 Å². The van der Waals surface area contributed by atoms with Gasteiger partial charge in [-0.05, 0) is 24.6 Å². The SMILES string of the molecule is COc1c(C)cc(Cl)cc1-c1cnc(CS)[nH]1. The van der Waals surface area contributed by atoms with Crippen molar-refractivity contribution in [2.45, 2.75) is 12.7 Å². The van der Waals surface area contributed by atoms with Crippen LogP contribution in [0.4, 0.5) is 0 Å². The van der Waals surface area contributed by atoms with Gasteiger partial charge in [-0.2, -0.15) is 12.6 Å². The molecule has 90 valence electrons. The first-order valence-electron chi connectivity index (χ1n) is 5.15. The van der Waals surface area contributed by atoms with E-state index in [1.54, 1.807) is 13.3 Å². The molecule has 0 aliphatic heterocycles. The zero-order valence-electron chi connectivity index (χ0n) is 9.62. The third kappa shape index (κ3) is 2.42. The Labute approximate surface area is 111 Å². The van der Waals surface area contributed by atoms with E-state index < -0.39 is 0 Å². The van der Waals surface area contributed by atoms with Crippen LogP contribution in [0.3, 0.4) is 0 Å². The van der Waals surface area contributed by atoms with Crippen LogP contribution in [0.25, 0.3) is 11.3 Å². The lowest BCUT2D eigenvalue weighted by Crippen LogP contribution is -1.92. The summed E-state index contributed by atoms with van der Waals surface area (Å²) in [7, 11) is 1.65. The molecule has 0 aliphatic rings. The van der Waals surface area contributed by atoms with E-state index in [1.807, 2.05) is 19.1 Å². The van der Waals surface area contributed by atoms with Gasteiger partial charge in [-0.1, -0.05) is 11.6 Å². The first-order chi connectivity index (χ1) is 8.15. The molecule has 1 aromatic carbocycles. The minimum atomic E-state index is 0.571. The average Bonchev–Trinajstić information content (AvgIpc) is 2.76. The van der Waals surface area contributed by atoms with E-state index in [0.717, 1.165) is 28.4 Å². The monoisotopic (exact) mass is 268 g/mol. The van der Waals surface area contributed by atoms with Gasteiger partial charge >= 0.3 is 0 Å². The third-order valence-corrected chi connectivity index (χ3v) is 3.03. The Balaban J connectivity index is 2.57. The molecule has 0 atom stereocenters. The lowest BCUT2D eigenvalue weighted by molar-refractivity contribution is 0.413. The number of benzene rings is 1. The van der Waals surface area contributed by atoms with Gasteiger partial charge < -0.3 is 9.72 Å². The number of nitrogens with zero attached hydrogens (tertiary/aromatic N) is 1. The molecule has 0 unspecified atom stereocenters. The van der Waals surface area contributed by atoms with E-state index >= 15 is 0 Å². The van der Waals surface area contributed by atoms with Crippen molar-refractivity contribution < 1.29 is 4.74 Å². The maximum atomic E-state index is 6.06. The molecule has 1 heterocycles. The zero-order valence-corrected chi connectivity index (χ0v) is 11.3. The van der Waals surface area contributed by atoms with Gasteiger partial charge in [-0.15, -0.1) is 0 Å². The van der Waals surface area contributed by atoms with Gasteiger partial charge in [0.25, 0.3) is 0 Å². The number of aromatic amines is 1. The third-order valence-electron chi connectivity index (χ3n) is 2.51. The van der Waals surface area contributed by atoms with Crippen LogP contribution in [-0.4, -0.2) is 17.1 Å². The van der Waals surface area contributed by atoms with E-state index in [9.17, 15) is 0 Å². The summed E-state index contributed by atoms with van der Waals surface area (Å²) in [5.74, 6) is 2.20. The molecular weight excluding hydrogens is 256 g/mol. The largest absolute Gasteiger partial charge is 0.496 e. The first-order valence-corrected chi connectivity index (χ1v) is 6.16. The molecule has 0 spiro atoms. The lowest BCUT2D eigenvalue weighted by atomic mass is 10.1. The highest BCUT2D eigenvalue weighted by Gasteiger charge is 2.12. The smallest absolute Gasteiger partial charge is 0.131 e. The second-order valence-corrected chi connectivity index (χ2v) is 4.46. The number of hydrogen-bond acceptors (Lipinski definition) is 3. The van der Waals surface area contributed by atoms with Gasteiger partial charge in [0.15, 0.2) is 0 Å². The molecule has 17 heavy (non-hydrogen) atoms. The topological polar surface area (TPSA) is 37.9 Å². The molecule has 0 amide bonds. The summed E-state index contributed by atoms with van der Waals surface area (Å²) in [6.07, 6.45) is 1.76. The van der Waals surface area contributed by atoms with Crippen molar-refractivity contribution in [3.8, 4) is 17.0 Å². The molecule has 2 rings (SSSR count). The second kappa shape index (κ2) is 5.02. The van der Waals surface area contributed by atoms with Crippen LogP contribution in [0.15, 0.2) is 18.3 Å². The quantitative estimate of drug-likeness (QED) is 0.837. The van der Waals surface area contributed by atoms with Crippen molar-refractivity contribution in [3.05, 3.63) is 34.7 Å². The number of halogens is 1. The number of aromatic nitrogens is 2. The number of ether oxygens (including phenoxy) is 1. The molecule has 0 fully saturated rings. The average molecular weight is 269 g/mol. The molecule has 0 radical (unpaired) electrons. The summed E-state index contributed by atoms with van der Waals surface area (Å²) < 4.78 is 5.40. The highest BCUT2D eigenvalue weighted by molar-refractivity contribution is 7.79. The van der Waals surface area contributed by atoms with E-state index in [4.69, 9.17) is 16.3 Å². The Hall–Kier alpha value is -1.13. The number of methoxy groups -OCH3 is 1.